The summed E-state index contributed by atoms with van der Waals surface area (Å²) in [5.74, 6) is -0.589. The van der Waals surface area contributed by atoms with E-state index in [-0.39, 0.29) is 11.2 Å². The van der Waals surface area contributed by atoms with Gasteiger partial charge in [0.25, 0.3) is 0 Å². The van der Waals surface area contributed by atoms with Crippen LogP contribution in [0.4, 0.5) is 5.95 Å². The zero-order valence-corrected chi connectivity index (χ0v) is 11.7. The number of rotatable bonds is 5. The van der Waals surface area contributed by atoms with E-state index in [2.05, 4.69) is 17.1 Å². The second-order valence-corrected chi connectivity index (χ2v) is 5.97. The van der Waals surface area contributed by atoms with E-state index in [1.54, 1.807) is 4.57 Å². The highest BCUT2D eigenvalue weighted by atomic mass is 32.2. The molecular weight excluding hydrogens is 268 g/mol. The van der Waals surface area contributed by atoms with Crippen LogP contribution in [0.1, 0.15) is 19.8 Å². The predicted octanol–water partition coefficient (Wildman–Crippen LogP) is 0.854. The van der Waals surface area contributed by atoms with Crippen LogP contribution < -0.4 is 5.73 Å². The molecule has 0 aromatic carbocycles. The minimum Gasteiger partial charge on any atom is -0.481 e. The molecule has 0 radical (unpaired) electrons. The number of aromatic nitrogens is 3. The number of carboxylic acid groups (broad SMARTS) is 1. The van der Waals surface area contributed by atoms with E-state index in [9.17, 15) is 4.79 Å². The first-order chi connectivity index (χ1) is 9.00. The van der Waals surface area contributed by atoms with Crippen molar-refractivity contribution in [1.82, 2.24) is 14.8 Å². The number of hydrogen-bond acceptors (Lipinski definition) is 6. The molecule has 106 valence electrons. The smallest absolute Gasteiger partial charge is 0.313 e. The number of thioether (sulfide) groups is 1. The van der Waals surface area contributed by atoms with E-state index >= 15 is 0 Å². The van der Waals surface area contributed by atoms with Crippen molar-refractivity contribution in [2.24, 2.45) is 5.41 Å². The highest BCUT2D eigenvalue weighted by Crippen LogP contribution is 2.33. The number of ether oxygens (including phenoxy) is 1. The van der Waals surface area contributed by atoms with Crippen LogP contribution in [0.2, 0.25) is 0 Å². The van der Waals surface area contributed by atoms with Crippen molar-refractivity contribution in [3.8, 4) is 0 Å². The average molecular weight is 286 g/mol. The normalized spacial score (nSPS) is 18.4. The fourth-order valence-electron chi connectivity index (χ4n) is 2.09. The van der Waals surface area contributed by atoms with Crippen molar-refractivity contribution in [2.45, 2.75) is 31.5 Å². The van der Waals surface area contributed by atoms with Crippen LogP contribution in [0, 0.1) is 5.41 Å². The topological polar surface area (TPSA) is 103 Å². The molecule has 1 aromatic heterocycles. The fraction of sp³-hybridized carbons (Fsp3) is 0.727. The molecule has 0 atom stereocenters. The van der Waals surface area contributed by atoms with Crippen LogP contribution in [0.15, 0.2) is 5.16 Å². The Bertz CT molecular complexity index is 457. The van der Waals surface area contributed by atoms with Crippen molar-refractivity contribution in [3.63, 3.8) is 0 Å². The molecular formula is C11H18N4O3S. The molecule has 0 spiro atoms. The van der Waals surface area contributed by atoms with Gasteiger partial charge in [-0.05, 0) is 18.3 Å². The van der Waals surface area contributed by atoms with Crippen molar-refractivity contribution < 1.29 is 14.6 Å². The van der Waals surface area contributed by atoms with Crippen LogP contribution in [-0.2, 0) is 16.1 Å². The zero-order valence-electron chi connectivity index (χ0n) is 10.8. The summed E-state index contributed by atoms with van der Waals surface area (Å²) < 4.78 is 7.17. The first-order valence-corrected chi connectivity index (χ1v) is 7.10. The SMILES string of the molecule is CC1(Cn2c(N)nnc2SCC(=O)O)CCOCC1. The van der Waals surface area contributed by atoms with Gasteiger partial charge in [-0.25, -0.2) is 0 Å². The standard InChI is InChI=1S/C11H18N4O3S/c1-11(2-4-18-5-3-11)7-15-9(12)13-14-10(15)19-6-8(16)17/h2-7H2,1H3,(H2,12,13)(H,16,17). The highest BCUT2D eigenvalue weighted by molar-refractivity contribution is 7.99. The molecule has 7 nitrogen and oxygen atoms in total. The molecule has 1 aliphatic rings. The first-order valence-electron chi connectivity index (χ1n) is 6.11. The van der Waals surface area contributed by atoms with Gasteiger partial charge in [0.2, 0.25) is 5.95 Å². The maximum absolute atomic E-state index is 10.6. The minimum atomic E-state index is -0.879. The number of carbonyl (C=O) groups is 1. The number of nitrogens with two attached hydrogens (primary N) is 1. The van der Waals surface area contributed by atoms with Gasteiger partial charge < -0.3 is 15.6 Å². The van der Waals surface area contributed by atoms with E-state index in [0.29, 0.717) is 17.6 Å². The predicted molar refractivity (Wildman–Crippen MR) is 71.0 cm³/mol. The lowest BCUT2D eigenvalue weighted by molar-refractivity contribution is -0.133. The molecule has 8 heteroatoms. The first kappa shape index (κ1) is 14.1. The van der Waals surface area contributed by atoms with Crippen LogP contribution >= 0.6 is 11.8 Å². The number of aliphatic carboxylic acids is 1. The Morgan fingerprint density at radius 2 is 2.21 bits per heavy atom. The Balaban J connectivity index is 2.10. The fourth-order valence-corrected chi connectivity index (χ4v) is 2.75. The molecule has 2 rings (SSSR count). The maximum atomic E-state index is 10.6. The Labute approximate surface area is 115 Å². The van der Waals surface area contributed by atoms with Gasteiger partial charge in [0, 0.05) is 19.8 Å². The number of hydrogen-bond donors (Lipinski definition) is 2. The largest absolute Gasteiger partial charge is 0.481 e. The molecule has 1 fully saturated rings. The van der Waals surface area contributed by atoms with Crippen molar-refractivity contribution in [1.29, 1.82) is 0 Å². The third-order valence-electron chi connectivity index (χ3n) is 3.31. The minimum absolute atomic E-state index is 0.0437. The molecule has 3 N–H and O–H groups in total. The summed E-state index contributed by atoms with van der Waals surface area (Å²) in [6.07, 6.45) is 1.90. The van der Waals surface area contributed by atoms with Crippen LogP contribution in [0.5, 0.6) is 0 Å². The van der Waals surface area contributed by atoms with Crippen molar-refractivity contribution >= 4 is 23.7 Å². The summed E-state index contributed by atoms with van der Waals surface area (Å²) in [4.78, 5) is 10.6. The quantitative estimate of drug-likeness (QED) is 0.773. The number of carboxylic acids is 1. The van der Waals surface area contributed by atoms with E-state index in [1.807, 2.05) is 0 Å². The molecule has 1 aromatic rings. The molecule has 0 amide bonds. The summed E-state index contributed by atoms with van der Waals surface area (Å²) in [5, 5.41) is 17.1. The molecule has 1 saturated heterocycles. The van der Waals surface area contributed by atoms with Gasteiger partial charge >= 0.3 is 5.97 Å². The summed E-state index contributed by atoms with van der Waals surface area (Å²) in [7, 11) is 0. The third kappa shape index (κ3) is 3.60. The summed E-state index contributed by atoms with van der Waals surface area (Å²) in [6, 6.07) is 0. The monoisotopic (exact) mass is 286 g/mol. The van der Waals surface area contributed by atoms with Gasteiger partial charge in [0.15, 0.2) is 5.16 Å². The summed E-state index contributed by atoms with van der Waals surface area (Å²) >= 11 is 1.14. The second-order valence-electron chi connectivity index (χ2n) is 5.03. The molecule has 0 bridgehead atoms. The van der Waals surface area contributed by atoms with Gasteiger partial charge in [0.05, 0.1) is 5.75 Å². The Morgan fingerprint density at radius 3 is 2.84 bits per heavy atom. The molecule has 19 heavy (non-hydrogen) atoms. The lowest BCUT2D eigenvalue weighted by atomic mass is 9.82. The van der Waals surface area contributed by atoms with E-state index in [0.717, 1.165) is 37.8 Å². The molecule has 0 unspecified atom stereocenters. The van der Waals surface area contributed by atoms with E-state index in [4.69, 9.17) is 15.6 Å². The lowest BCUT2D eigenvalue weighted by Crippen LogP contribution is -2.31. The zero-order chi connectivity index (χ0) is 13.9. The van der Waals surface area contributed by atoms with Gasteiger partial charge in [-0.15, -0.1) is 10.2 Å². The summed E-state index contributed by atoms with van der Waals surface area (Å²) in [5.41, 5.74) is 5.91. The number of anilines is 1. The lowest BCUT2D eigenvalue weighted by Gasteiger charge is -2.34. The number of nitrogens with zero attached hydrogens (tertiary/aromatic N) is 3. The Kier molecular flexibility index (Phi) is 4.31. The average Bonchev–Trinajstić information content (AvgIpc) is 2.69. The number of nitrogen functional groups attached to an aromatic ring is 1. The summed E-state index contributed by atoms with van der Waals surface area (Å²) in [6.45, 7) is 4.37. The van der Waals surface area contributed by atoms with Crippen LogP contribution in [0.25, 0.3) is 0 Å². The highest BCUT2D eigenvalue weighted by Gasteiger charge is 2.29. The Hall–Kier alpha value is -1.28. The van der Waals surface area contributed by atoms with Crippen molar-refractivity contribution in [2.75, 3.05) is 24.7 Å². The van der Waals surface area contributed by atoms with Gasteiger partial charge in [0.1, 0.15) is 0 Å². The van der Waals surface area contributed by atoms with Gasteiger partial charge in [-0.3, -0.25) is 9.36 Å². The molecule has 1 aliphatic heterocycles. The molecule has 0 saturated carbocycles. The van der Waals surface area contributed by atoms with Gasteiger partial charge in [-0.1, -0.05) is 18.7 Å². The van der Waals surface area contributed by atoms with E-state index < -0.39 is 5.97 Å². The second kappa shape index (κ2) is 5.79. The van der Waals surface area contributed by atoms with Gasteiger partial charge in [-0.2, -0.15) is 0 Å². The molecule has 0 aliphatic carbocycles. The van der Waals surface area contributed by atoms with Crippen molar-refractivity contribution in [3.05, 3.63) is 0 Å². The Morgan fingerprint density at radius 1 is 1.53 bits per heavy atom. The maximum Gasteiger partial charge on any atom is 0.313 e. The third-order valence-corrected chi connectivity index (χ3v) is 4.26. The van der Waals surface area contributed by atoms with E-state index in [1.165, 1.54) is 0 Å². The van der Waals surface area contributed by atoms with Crippen LogP contribution in [-0.4, -0.2) is 44.8 Å². The van der Waals surface area contributed by atoms with Crippen LogP contribution in [0.3, 0.4) is 0 Å². The molecule has 2 heterocycles.